The first-order chi connectivity index (χ1) is 9.35. The lowest BCUT2D eigenvalue weighted by Crippen LogP contribution is -2.46. The third-order valence-electron chi connectivity index (χ3n) is 4.15. The second kappa shape index (κ2) is 7.62. The van der Waals surface area contributed by atoms with Crippen molar-refractivity contribution >= 4 is 11.9 Å². The van der Waals surface area contributed by atoms with E-state index in [1.807, 2.05) is 11.8 Å². The molecule has 1 heterocycles. The van der Waals surface area contributed by atoms with E-state index in [9.17, 15) is 9.59 Å². The highest BCUT2D eigenvalue weighted by Gasteiger charge is 2.32. The molecule has 0 aromatic rings. The summed E-state index contributed by atoms with van der Waals surface area (Å²) in [5.74, 6) is -0.172. The van der Waals surface area contributed by atoms with Crippen LogP contribution in [0.4, 0.5) is 0 Å². The van der Waals surface area contributed by atoms with Crippen molar-refractivity contribution in [2.75, 3.05) is 13.1 Å². The number of nitrogens with zero attached hydrogens (tertiary/aromatic N) is 1. The molecule has 1 rings (SSSR count). The van der Waals surface area contributed by atoms with E-state index in [2.05, 4.69) is 13.8 Å². The summed E-state index contributed by atoms with van der Waals surface area (Å²) in [6.07, 6.45) is 2.56. The first-order valence-corrected chi connectivity index (χ1v) is 7.57. The summed E-state index contributed by atoms with van der Waals surface area (Å²) in [5, 5.41) is 9.04. The molecule has 0 bridgehead atoms. The highest BCUT2D eigenvalue weighted by atomic mass is 16.4. The first-order valence-electron chi connectivity index (χ1n) is 7.57. The minimum atomic E-state index is -0.747. The van der Waals surface area contributed by atoms with E-state index < -0.39 is 5.97 Å². The maximum absolute atomic E-state index is 12.4. The predicted molar refractivity (Wildman–Crippen MR) is 78.2 cm³/mol. The summed E-state index contributed by atoms with van der Waals surface area (Å²) in [5.41, 5.74) is 5.75. The van der Waals surface area contributed by atoms with Gasteiger partial charge < -0.3 is 15.7 Å². The van der Waals surface area contributed by atoms with Gasteiger partial charge in [-0.25, -0.2) is 0 Å². The molecular weight excluding hydrogens is 256 g/mol. The third-order valence-corrected chi connectivity index (χ3v) is 4.15. The van der Waals surface area contributed by atoms with Crippen molar-refractivity contribution in [1.29, 1.82) is 0 Å². The molecule has 0 aliphatic carbocycles. The van der Waals surface area contributed by atoms with Crippen LogP contribution >= 0.6 is 0 Å². The number of nitrogens with two attached hydrogens (primary N) is 1. The lowest BCUT2D eigenvalue weighted by Gasteiger charge is -2.37. The number of carboxylic acids is 1. The number of carboxylic acid groups (broad SMARTS) is 1. The van der Waals surface area contributed by atoms with E-state index in [0.717, 1.165) is 6.42 Å². The van der Waals surface area contributed by atoms with Crippen molar-refractivity contribution in [3.05, 3.63) is 0 Å². The molecule has 0 radical (unpaired) electrons. The molecule has 3 N–H and O–H groups in total. The van der Waals surface area contributed by atoms with Gasteiger partial charge in [-0.05, 0) is 44.6 Å². The number of aliphatic carboxylic acids is 1. The molecule has 3 unspecified atom stereocenters. The molecule has 1 aliphatic rings. The fourth-order valence-corrected chi connectivity index (χ4v) is 3.06. The molecule has 20 heavy (non-hydrogen) atoms. The summed E-state index contributed by atoms with van der Waals surface area (Å²) >= 11 is 0. The van der Waals surface area contributed by atoms with Gasteiger partial charge in [0.2, 0.25) is 5.91 Å². The topological polar surface area (TPSA) is 83.6 Å². The minimum Gasteiger partial charge on any atom is -0.481 e. The zero-order valence-electron chi connectivity index (χ0n) is 12.8. The van der Waals surface area contributed by atoms with Crippen LogP contribution in [-0.2, 0) is 9.59 Å². The summed E-state index contributed by atoms with van der Waals surface area (Å²) in [6.45, 7) is 7.29. The van der Waals surface area contributed by atoms with Gasteiger partial charge in [0.15, 0.2) is 0 Å². The van der Waals surface area contributed by atoms with E-state index in [1.165, 1.54) is 0 Å². The zero-order chi connectivity index (χ0) is 15.3. The van der Waals surface area contributed by atoms with Crippen LogP contribution in [0.25, 0.3) is 0 Å². The van der Waals surface area contributed by atoms with Gasteiger partial charge in [0.1, 0.15) is 0 Å². The Kier molecular flexibility index (Phi) is 6.46. The number of hydrogen-bond donors (Lipinski definition) is 2. The van der Waals surface area contributed by atoms with Crippen LogP contribution in [-0.4, -0.2) is 41.0 Å². The lowest BCUT2D eigenvalue weighted by atomic mass is 9.89. The Bertz CT molecular complexity index is 344. The van der Waals surface area contributed by atoms with E-state index >= 15 is 0 Å². The average molecular weight is 284 g/mol. The van der Waals surface area contributed by atoms with Crippen molar-refractivity contribution in [3.8, 4) is 0 Å². The third kappa shape index (κ3) is 4.78. The van der Waals surface area contributed by atoms with E-state index in [0.29, 0.717) is 38.3 Å². The summed E-state index contributed by atoms with van der Waals surface area (Å²) in [6, 6.07) is 0.00910. The zero-order valence-corrected chi connectivity index (χ0v) is 12.8. The molecular formula is C15H28N2O3. The number of piperidine rings is 1. The average Bonchev–Trinajstić information content (AvgIpc) is 2.36. The van der Waals surface area contributed by atoms with Gasteiger partial charge >= 0.3 is 5.97 Å². The fraction of sp³-hybridized carbons (Fsp3) is 0.867. The van der Waals surface area contributed by atoms with Crippen molar-refractivity contribution in [2.45, 2.75) is 52.5 Å². The van der Waals surface area contributed by atoms with E-state index in [4.69, 9.17) is 10.8 Å². The predicted octanol–water partition coefficient (Wildman–Crippen LogP) is 1.71. The Labute approximate surface area is 121 Å². The summed E-state index contributed by atoms with van der Waals surface area (Å²) in [7, 11) is 0. The van der Waals surface area contributed by atoms with Gasteiger partial charge in [0.25, 0.3) is 0 Å². The SMILES string of the molecule is CC(C)CC(CN)CC(=O)N1CCC(C(=O)O)CC1C. The maximum Gasteiger partial charge on any atom is 0.306 e. The number of carbonyl (C=O) groups excluding carboxylic acids is 1. The van der Waals surface area contributed by atoms with Gasteiger partial charge in [0.05, 0.1) is 5.92 Å². The number of hydrogen-bond acceptors (Lipinski definition) is 3. The molecule has 5 heteroatoms. The Morgan fingerprint density at radius 1 is 1.40 bits per heavy atom. The van der Waals surface area contributed by atoms with Crippen LogP contribution in [0.1, 0.15) is 46.5 Å². The van der Waals surface area contributed by atoms with Crippen LogP contribution in [0.15, 0.2) is 0 Å². The van der Waals surface area contributed by atoms with Crippen molar-refractivity contribution in [3.63, 3.8) is 0 Å². The van der Waals surface area contributed by atoms with Crippen molar-refractivity contribution < 1.29 is 14.7 Å². The lowest BCUT2D eigenvalue weighted by molar-refractivity contribution is -0.147. The molecule has 116 valence electrons. The minimum absolute atomic E-state index is 0.00910. The van der Waals surface area contributed by atoms with Gasteiger partial charge in [-0.15, -0.1) is 0 Å². The largest absolute Gasteiger partial charge is 0.481 e. The maximum atomic E-state index is 12.4. The van der Waals surface area contributed by atoms with Crippen LogP contribution in [0, 0.1) is 17.8 Å². The molecule has 1 saturated heterocycles. The second-order valence-electron chi connectivity index (χ2n) is 6.43. The first kappa shape index (κ1) is 17.0. The van der Waals surface area contributed by atoms with Gasteiger partial charge in [0, 0.05) is 19.0 Å². The highest BCUT2D eigenvalue weighted by Crippen LogP contribution is 2.25. The summed E-state index contributed by atoms with van der Waals surface area (Å²) < 4.78 is 0. The van der Waals surface area contributed by atoms with Crippen molar-refractivity contribution in [2.24, 2.45) is 23.5 Å². The Hall–Kier alpha value is -1.10. The smallest absolute Gasteiger partial charge is 0.306 e. The normalized spacial score (nSPS) is 24.8. The number of likely N-dealkylation sites (tertiary alicyclic amines) is 1. The van der Waals surface area contributed by atoms with Crippen LogP contribution in [0.5, 0.6) is 0 Å². The Morgan fingerprint density at radius 2 is 2.05 bits per heavy atom. The van der Waals surface area contributed by atoms with E-state index in [1.54, 1.807) is 0 Å². The summed E-state index contributed by atoms with van der Waals surface area (Å²) in [4.78, 5) is 25.2. The quantitative estimate of drug-likeness (QED) is 0.777. The molecule has 1 aliphatic heterocycles. The fourth-order valence-electron chi connectivity index (χ4n) is 3.06. The number of rotatable bonds is 6. The monoisotopic (exact) mass is 284 g/mol. The van der Waals surface area contributed by atoms with Gasteiger partial charge in [-0.3, -0.25) is 9.59 Å². The number of amides is 1. The van der Waals surface area contributed by atoms with Crippen LogP contribution in [0.2, 0.25) is 0 Å². The molecule has 0 saturated carbocycles. The molecule has 1 fully saturated rings. The Balaban J connectivity index is 2.53. The van der Waals surface area contributed by atoms with Gasteiger partial charge in [-0.1, -0.05) is 13.8 Å². The molecule has 5 nitrogen and oxygen atoms in total. The van der Waals surface area contributed by atoms with Gasteiger partial charge in [-0.2, -0.15) is 0 Å². The van der Waals surface area contributed by atoms with E-state index in [-0.39, 0.29) is 23.8 Å². The number of carbonyl (C=O) groups is 2. The molecule has 3 atom stereocenters. The standard InChI is InChI=1S/C15H28N2O3/c1-10(2)6-12(9-16)8-14(18)17-5-4-13(15(19)20)7-11(17)3/h10-13H,4-9,16H2,1-3H3,(H,19,20). The van der Waals surface area contributed by atoms with Crippen LogP contribution in [0.3, 0.4) is 0 Å². The molecule has 0 aromatic carbocycles. The Morgan fingerprint density at radius 3 is 2.50 bits per heavy atom. The molecule has 1 amide bonds. The second-order valence-corrected chi connectivity index (χ2v) is 6.43. The highest BCUT2D eigenvalue weighted by molar-refractivity contribution is 5.77. The molecule has 0 aromatic heterocycles. The molecule has 0 spiro atoms. The van der Waals surface area contributed by atoms with Crippen LogP contribution < -0.4 is 5.73 Å². The van der Waals surface area contributed by atoms with Crippen molar-refractivity contribution in [1.82, 2.24) is 4.90 Å².